The number of aromatic nitrogens is 1. The number of ether oxygens (including phenoxy) is 1. The van der Waals surface area contributed by atoms with Gasteiger partial charge in [-0.05, 0) is 30.9 Å². The Morgan fingerprint density at radius 1 is 1.31 bits per heavy atom. The van der Waals surface area contributed by atoms with Gasteiger partial charge < -0.3 is 9.64 Å². The first-order chi connectivity index (χ1) is 12.4. The number of carbonyl (C=O) groups excluding carboxylic acids is 1. The summed E-state index contributed by atoms with van der Waals surface area (Å²) in [5, 5.41) is 0. The van der Waals surface area contributed by atoms with Crippen LogP contribution in [0.15, 0.2) is 18.5 Å². The Kier molecular flexibility index (Phi) is 4.53. The molecule has 1 aromatic heterocycles. The van der Waals surface area contributed by atoms with Crippen LogP contribution < -0.4 is 0 Å². The van der Waals surface area contributed by atoms with E-state index in [-0.39, 0.29) is 17.6 Å². The molecular formula is C18H25N3O4S. The molecule has 8 heteroatoms. The molecule has 142 valence electrons. The van der Waals surface area contributed by atoms with Crippen molar-refractivity contribution in [1.82, 2.24) is 14.8 Å². The highest BCUT2D eigenvalue weighted by Crippen LogP contribution is 2.45. The number of likely N-dealkylation sites (tertiary alicyclic amines) is 1. The molecule has 7 nitrogen and oxygen atoms in total. The molecule has 3 saturated heterocycles. The third-order valence-electron chi connectivity index (χ3n) is 6.01. The first-order valence-electron chi connectivity index (χ1n) is 9.15. The lowest BCUT2D eigenvalue weighted by Gasteiger charge is -2.50. The fourth-order valence-electron chi connectivity index (χ4n) is 4.42. The largest absolute Gasteiger partial charge is 0.379 e. The number of hydrogen-bond donors (Lipinski definition) is 0. The monoisotopic (exact) mass is 379 g/mol. The highest BCUT2D eigenvalue weighted by atomic mass is 32.2. The number of pyridine rings is 1. The lowest BCUT2D eigenvalue weighted by Crippen LogP contribution is -2.69. The van der Waals surface area contributed by atoms with Gasteiger partial charge in [-0.1, -0.05) is 0 Å². The third kappa shape index (κ3) is 2.93. The fourth-order valence-corrected chi connectivity index (χ4v) is 6.83. The summed E-state index contributed by atoms with van der Waals surface area (Å²) in [7, 11) is -3.17. The molecule has 0 saturated carbocycles. The zero-order valence-electron chi connectivity index (χ0n) is 15.1. The van der Waals surface area contributed by atoms with Crippen LogP contribution in [0.25, 0.3) is 0 Å². The van der Waals surface area contributed by atoms with Crippen molar-refractivity contribution in [2.75, 3.05) is 51.7 Å². The van der Waals surface area contributed by atoms with Crippen molar-refractivity contribution in [3.63, 3.8) is 0 Å². The van der Waals surface area contributed by atoms with Crippen molar-refractivity contribution in [2.45, 2.75) is 18.1 Å². The number of amides is 1. The molecular weight excluding hydrogens is 354 g/mol. The van der Waals surface area contributed by atoms with Gasteiger partial charge in [-0.2, -0.15) is 0 Å². The van der Waals surface area contributed by atoms with Crippen LogP contribution >= 0.6 is 0 Å². The second-order valence-corrected chi connectivity index (χ2v) is 10.1. The van der Waals surface area contributed by atoms with Gasteiger partial charge in [0.1, 0.15) is 4.75 Å². The zero-order valence-corrected chi connectivity index (χ0v) is 15.9. The Morgan fingerprint density at radius 2 is 2.04 bits per heavy atom. The Balaban J connectivity index is 1.48. The van der Waals surface area contributed by atoms with Crippen molar-refractivity contribution < 1.29 is 17.9 Å². The molecule has 3 aliphatic heterocycles. The van der Waals surface area contributed by atoms with Gasteiger partial charge in [-0.3, -0.25) is 14.7 Å². The first-order valence-corrected chi connectivity index (χ1v) is 10.8. The van der Waals surface area contributed by atoms with E-state index in [4.69, 9.17) is 4.74 Å². The Hall–Kier alpha value is -1.51. The molecule has 26 heavy (non-hydrogen) atoms. The van der Waals surface area contributed by atoms with Gasteiger partial charge >= 0.3 is 0 Å². The van der Waals surface area contributed by atoms with Gasteiger partial charge in [0.2, 0.25) is 0 Å². The number of morpholine rings is 1. The predicted octanol–water partition coefficient (Wildman–Crippen LogP) is 0.352. The maximum atomic E-state index is 12.8. The molecule has 1 amide bonds. The zero-order chi connectivity index (χ0) is 18.4. The second-order valence-electron chi connectivity index (χ2n) is 7.69. The van der Waals surface area contributed by atoms with E-state index in [0.29, 0.717) is 38.3 Å². The minimum absolute atomic E-state index is 0.0882. The molecule has 3 fully saturated rings. The van der Waals surface area contributed by atoms with Gasteiger partial charge in [0.05, 0.1) is 24.5 Å². The van der Waals surface area contributed by atoms with E-state index in [0.717, 1.165) is 25.2 Å². The van der Waals surface area contributed by atoms with Crippen molar-refractivity contribution in [3.8, 4) is 0 Å². The molecule has 0 radical (unpaired) electrons. The van der Waals surface area contributed by atoms with Crippen molar-refractivity contribution in [2.24, 2.45) is 5.92 Å². The minimum Gasteiger partial charge on any atom is -0.379 e. The van der Waals surface area contributed by atoms with Crippen LogP contribution in [-0.4, -0.2) is 85.5 Å². The molecule has 4 rings (SSSR count). The van der Waals surface area contributed by atoms with Gasteiger partial charge in [-0.25, -0.2) is 8.42 Å². The topological polar surface area (TPSA) is 79.8 Å². The van der Waals surface area contributed by atoms with Gasteiger partial charge in [-0.15, -0.1) is 0 Å². The highest BCUT2D eigenvalue weighted by molar-refractivity contribution is 7.93. The number of nitrogens with zero attached hydrogens (tertiary/aromatic N) is 3. The van der Waals surface area contributed by atoms with Gasteiger partial charge in [0, 0.05) is 45.1 Å². The Morgan fingerprint density at radius 3 is 2.73 bits per heavy atom. The summed E-state index contributed by atoms with van der Waals surface area (Å²) in [5.41, 5.74) is 1.45. The fraction of sp³-hybridized carbons (Fsp3) is 0.667. The van der Waals surface area contributed by atoms with Crippen LogP contribution in [0.1, 0.15) is 22.3 Å². The second kappa shape index (κ2) is 6.58. The van der Waals surface area contributed by atoms with E-state index in [1.807, 2.05) is 6.92 Å². The van der Waals surface area contributed by atoms with E-state index >= 15 is 0 Å². The van der Waals surface area contributed by atoms with E-state index < -0.39 is 14.6 Å². The maximum Gasteiger partial charge on any atom is 0.255 e. The number of aryl methyl sites for hydroxylation is 1. The molecule has 0 aromatic carbocycles. The average molecular weight is 379 g/mol. The van der Waals surface area contributed by atoms with Crippen LogP contribution in [0.2, 0.25) is 0 Å². The van der Waals surface area contributed by atoms with Crippen LogP contribution in [0, 0.1) is 12.8 Å². The summed E-state index contributed by atoms with van der Waals surface area (Å²) < 4.78 is 30.2. The molecule has 4 heterocycles. The standard InChI is InChI=1S/C18H25N3O4S/c1-14-8-15(10-19-9-14)17(22)21-12-18(13-21)16(2-7-26(18,23)24)11-20-3-5-25-6-4-20/h8-10,16H,2-7,11-13H2,1H3. The molecule has 1 spiro atoms. The van der Waals surface area contributed by atoms with Crippen molar-refractivity contribution in [3.05, 3.63) is 29.6 Å². The summed E-state index contributed by atoms with van der Waals surface area (Å²) >= 11 is 0. The van der Waals surface area contributed by atoms with E-state index in [1.54, 1.807) is 23.4 Å². The maximum absolute atomic E-state index is 12.8. The molecule has 1 atom stereocenters. The Labute approximate surface area is 154 Å². The van der Waals surface area contributed by atoms with Gasteiger partial charge in [0.25, 0.3) is 5.91 Å². The molecule has 3 aliphatic rings. The lowest BCUT2D eigenvalue weighted by molar-refractivity contribution is 0.0140. The van der Waals surface area contributed by atoms with E-state index in [9.17, 15) is 13.2 Å². The number of rotatable bonds is 3. The first kappa shape index (κ1) is 17.9. The molecule has 1 unspecified atom stereocenters. The average Bonchev–Trinajstić information content (AvgIpc) is 2.84. The number of hydrogen-bond acceptors (Lipinski definition) is 6. The van der Waals surface area contributed by atoms with Crippen LogP contribution in [-0.2, 0) is 14.6 Å². The molecule has 0 bridgehead atoms. The predicted molar refractivity (Wildman–Crippen MR) is 96.8 cm³/mol. The quantitative estimate of drug-likeness (QED) is 0.754. The van der Waals surface area contributed by atoms with Crippen LogP contribution in [0.5, 0.6) is 0 Å². The summed E-state index contributed by atoms with van der Waals surface area (Å²) in [6.07, 6.45) is 3.94. The SMILES string of the molecule is Cc1cncc(C(=O)N2CC3(C2)C(CN2CCOCC2)CCS3(=O)=O)c1. The number of carbonyl (C=O) groups is 1. The smallest absolute Gasteiger partial charge is 0.255 e. The Bertz CT molecular complexity index is 798. The highest BCUT2D eigenvalue weighted by Gasteiger charge is 2.62. The summed E-state index contributed by atoms with van der Waals surface area (Å²) in [6, 6.07) is 1.80. The summed E-state index contributed by atoms with van der Waals surface area (Å²) in [6.45, 7) is 6.38. The molecule has 0 aliphatic carbocycles. The lowest BCUT2D eigenvalue weighted by atomic mass is 9.82. The van der Waals surface area contributed by atoms with Crippen LogP contribution in [0.4, 0.5) is 0 Å². The van der Waals surface area contributed by atoms with Gasteiger partial charge in [0.15, 0.2) is 9.84 Å². The number of sulfone groups is 1. The van der Waals surface area contributed by atoms with Crippen molar-refractivity contribution >= 4 is 15.7 Å². The van der Waals surface area contributed by atoms with E-state index in [1.165, 1.54) is 0 Å². The summed E-state index contributed by atoms with van der Waals surface area (Å²) in [5.74, 6) is 0.195. The molecule has 0 N–H and O–H groups in total. The third-order valence-corrected chi connectivity index (χ3v) is 8.61. The van der Waals surface area contributed by atoms with E-state index in [2.05, 4.69) is 9.88 Å². The van der Waals surface area contributed by atoms with Crippen LogP contribution in [0.3, 0.4) is 0 Å². The minimum atomic E-state index is -3.17. The van der Waals surface area contributed by atoms with Crippen molar-refractivity contribution in [1.29, 1.82) is 0 Å². The molecule has 1 aromatic rings. The normalized spacial score (nSPS) is 27.4. The summed E-state index contributed by atoms with van der Waals surface area (Å²) in [4.78, 5) is 20.7.